The Labute approximate surface area is 186 Å². The summed E-state index contributed by atoms with van der Waals surface area (Å²) in [4.78, 5) is 23.3. The molecule has 32 heavy (non-hydrogen) atoms. The van der Waals surface area contributed by atoms with Gasteiger partial charge in [-0.1, -0.05) is 29.7 Å². The van der Waals surface area contributed by atoms with E-state index in [0.29, 0.717) is 22.3 Å². The smallest absolute Gasteiger partial charge is 0.181 e. The van der Waals surface area contributed by atoms with Gasteiger partial charge >= 0.3 is 0 Å². The molecular weight excluding hydrogens is 404 g/mol. The SMILES string of the molecule is CC1=CC(O)(C#CC(C#CC2(O)C=CC(=O)C(C)=C2)=Cc2ccc(O)c(C)c2)C=CC1=O. The number of allylic oxidation sites excluding steroid dienone is 5. The third-order valence-electron chi connectivity index (χ3n) is 4.95. The molecule has 0 radical (unpaired) electrons. The van der Waals surface area contributed by atoms with Crippen molar-refractivity contribution in [1.29, 1.82) is 0 Å². The van der Waals surface area contributed by atoms with Gasteiger partial charge in [0.25, 0.3) is 0 Å². The number of phenolic OH excluding ortho intramolecular Hbond substituents is 1. The van der Waals surface area contributed by atoms with E-state index in [0.717, 1.165) is 0 Å². The van der Waals surface area contributed by atoms with Crippen LogP contribution in [0.1, 0.15) is 25.0 Å². The zero-order chi connectivity index (χ0) is 23.5. The summed E-state index contributed by atoms with van der Waals surface area (Å²) in [6, 6.07) is 4.97. The third-order valence-corrected chi connectivity index (χ3v) is 4.95. The van der Waals surface area contributed by atoms with Gasteiger partial charge < -0.3 is 15.3 Å². The Kier molecular flexibility index (Phi) is 6.18. The molecule has 3 N–H and O–H groups in total. The average Bonchev–Trinajstić information content (AvgIpc) is 2.73. The number of aromatic hydroxyl groups is 1. The highest BCUT2D eigenvalue weighted by atomic mass is 16.3. The molecule has 0 fully saturated rings. The predicted octanol–water partition coefficient (Wildman–Crippen LogP) is 2.72. The van der Waals surface area contributed by atoms with Crippen molar-refractivity contribution in [2.24, 2.45) is 0 Å². The molecule has 0 saturated heterocycles. The molecule has 5 heteroatoms. The average molecular weight is 426 g/mol. The first kappa shape index (κ1) is 22.8. The minimum atomic E-state index is -1.63. The number of carbonyl (C=O) groups excluding carboxylic acids is 2. The van der Waals surface area contributed by atoms with Crippen LogP contribution in [-0.2, 0) is 9.59 Å². The monoisotopic (exact) mass is 426 g/mol. The van der Waals surface area contributed by atoms with Crippen LogP contribution in [0.15, 0.2) is 71.4 Å². The Balaban J connectivity index is 2.05. The van der Waals surface area contributed by atoms with Gasteiger partial charge in [0.1, 0.15) is 5.75 Å². The molecule has 0 aliphatic heterocycles. The molecule has 0 heterocycles. The first-order valence-electron chi connectivity index (χ1n) is 9.87. The molecule has 0 spiro atoms. The van der Waals surface area contributed by atoms with Crippen LogP contribution < -0.4 is 0 Å². The number of ketones is 2. The maximum Gasteiger partial charge on any atom is 0.181 e. The Morgan fingerprint density at radius 2 is 1.38 bits per heavy atom. The van der Waals surface area contributed by atoms with E-state index >= 15 is 0 Å². The molecule has 2 aliphatic carbocycles. The van der Waals surface area contributed by atoms with Gasteiger partial charge in [0, 0.05) is 0 Å². The molecule has 0 bridgehead atoms. The van der Waals surface area contributed by atoms with Crippen molar-refractivity contribution in [2.75, 3.05) is 0 Å². The number of hydrogen-bond donors (Lipinski definition) is 3. The van der Waals surface area contributed by atoms with E-state index < -0.39 is 11.2 Å². The van der Waals surface area contributed by atoms with Crippen LogP contribution in [0.2, 0.25) is 0 Å². The van der Waals surface area contributed by atoms with Crippen molar-refractivity contribution >= 4 is 17.6 Å². The zero-order valence-electron chi connectivity index (χ0n) is 17.9. The Morgan fingerprint density at radius 1 is 0.875 bits per heavy atom. The lowest BCUT2D eigenvalue weighted by atomic mass is 9.92. The van der Waals surface area contributed by atoms with E-state index in [1.165, 1.54) is 36.5 Å². The highest BCUT2D eigenvalue weighted by molar-refractivity contribution is 6.05. The number of hydrogen-bond acceptors (Lipinski definition) is 5. The van der Waals surface area contributed by atoms with Crippen LogP contribution in [0.3, 0.4) is 0 Å². The topological polar surface area (TPSA) is 94.8 Å². The van der Waals surface area contributed by atoms with Gasteiger partial charge in [-0.05, 0) is 97.7 Å². The Bertz CT molecular complexity index is 1210. The molecule has 2 aliphatic rings. The van der Waals surface area contributed by atoms with Gasteiger partial charge in [0.05, 0.1) is 5.57 Å². The fourth-order valence-electron chi connectivity index (χ4n) is 3.10. The standard InChI is InChI=1S/C27H22O5/c1-18-14-22(4-5-23(18)28)15-21(6-10-26(31)12-8-24(29)19(2)16-26)7-11-27(32)13-9-25(30)20(3)17-27/h4-5,8-9,12-17,28,31-32H,1-3H3. The summed E-state index contributed by atoms with van der Waals surface area (Å²) in [6.45, 7) is 4.94. The number of aryl methyl sites for hydroxylation is 1. The third kappa shape index (κ3) is 5.42. The molecule has 2 atom stereocenters. The number of phenols is 1. The van der Waals surface area contributed by atoms with Crippen molar-refractivity contribution in [1.82, 2.24) is 0 Å². The van der Waals surface area contributed by atoms with E-state index in [2.05, 4.69) is 23.7 Å². The summed E-state index contributed by atoms with van der Waals surface area (Å²) in [5.41, 5.74) is -0.855. The molecule has 1 aromatic carbocycles. The Hall–Kier alpha value is -3.90. The summed E-state index contributed by atoms with van der Waals surface area (Å²) in [7, 11) is 0. The van der Waals surface area contributed by atoms with Crippen LogP contribution in [0.5, 0.6) is 5.75 Å². The van der Waals surface area contributed by atoms with E-state index in [1.54, 1.807) is 45.0 Å². The molecule has 3 rings (SSSR count). The Morgan fingerprint density at radius 3 is 1.81 bits per heavy atom. The largest absolute Gasteiger partial charge is 0.508 e. The number of benzene rings is 1. The van der Waals surface area contributed by atoms with Crippen molar-refractivity contribution in [2.45, 2.75) is 32.0 Å². The van der Waals surface area contributed by atoms with Gasteiger partial charge in [-0.3, -0.25) is 9.59 Å². The fourth-order valence-corrected chi connectivity index (χ4v) is 3.10. The van der Waals surface area contributed by atoms with Gasteiger partial charge in [-0.15, -0.1) is 0 Å². The summed E-state index contributed by atoms with van der Waals surface area (Å²) in [5, 5.41) is 31.1. The second kappa shape index (κ2) is 8.69. The molecule has 0 saturated carbocycles. The van der Waals surface area contributed by atoms with Crippen LogP contribution in [0.25, 0.3) is 6.08 Å². The summed E-state index contributed by atoms with van der Waals surface area (Å²) < 4.78 is 0. The molecule has 2 unspecified atom stereocenters. The highest BCUT2D eigenvalue weighted by Gasteiger charge is 2.24. The summed E-state index contributed by atoms with van der Waals surface area (Å²) in [6.07, 6.45) is 9.54. The number of carbonyl (C=O) groups is 2. The van der Waals surface area contributed by atoms with Crippen LogP contribution in [-0.4, -0.2) is 38.1 Å². The minimum absolute atomic E-state index is 0.153. The van der Waals surface area contributed by atoms with E-state index in [-0.39, 0.29) is 22.9 Å². The molecule has 1 aromatic rings. The van der Waals surface area contributed by atoms with E-state index in [4.69, 9.17) is 0 Å². The predicted molar refractivity (Wildman–Crippen MR) is 122 cm³/mol. The number of rotatable bonds is 1. The van der Waals surface area contributed by atoms with Crippen molar-refractivity contribution in [3.8, 4) is 29.4 Å². The molecule has 5 nitrogen and oxygen atoms in total. The van der Waals surface area contributed by atoms with E-state index in [1.807, 2.05) is 0 Å². The summed E-state index contributed by atoms with van der Waals surface area (Å²) in [5.74, 6) is 10.8. The molecule has 0 aromatic heterocycles. The quantitative estimate of drug-likeness (QED) is 0.601. The second-order valence-electron chi connectivity index (χ2n) is 7.80. The fraction of sp³-hybridized carbons (Fsp3) is 0.185. The summed E-state index contributed by atoms with van der Waals surface area (Å²) >= 11 is 0. The lowest BCUT2D eigenvalue weighted by molar-refractivity contribution is -0.112. The van der Waals surface area contributed by atoms with Crippen molar-refractivity contribution in [3.05, 3.63) is 82.5 Å². The lowest BCUT2D eigenvalue weighted by Crippen LogP contribution is -2.25. The maximum absolute atomic E-state index is 11.7. The van der Waals surface area contributed by atoms with E-state index in [9.17, 15) is 24.9 Å². The first-order chi connectivity index (χ1) is 15.0. The highest BCUT2D eigenvalue weighted by Crippen LogP contribution is 2.21. The van der Waals surface area contributed by atoms with Crippen molar-refractivity contribution < 1.29 is 24.9 Å². The van der Waals surface area contributed by atoms with Gasteiger partial charge in [-0.2, -0.15) is 0 Å². The normalized spacial score (nSPS) is 23.9. The first-order valence-corrected chi connectivity index (χ1v) is 9.87. The van der Waals surface area contributed by atoms with Gasteiger partial charge in [0.15, 0.2) is 22.8 Å². The van der Waals surface area contributed by atoms with Gasteiger partial charge in [-0.25, -0.2) is 0 Å². The molecule has 0 amide bonds. The lowest BCUT2D eigenvalue weighted by Gasteiger charge is -2.18. The van der Waals surface area contributed by atoms with Crippen LogP contribution >= 0.6 is 0 Å². The van der Waals surface area contributed by atoms with Crippen molar-refractivity contribution in [3.63, 3.8) is 0 Å². The van der Waals surface area contributed by atoms with Crippen LogP contribution in [0, 0.1) is 30.6 Å². The second-order valence-corrected chi connectivity index (χ2v) is 7.80. The molecule has 160 valence electrons. The van der Waals surface area contributed by atoms with Crippen LogP contribution in [0.4, 0.5) is 0 Å². The minimum Gasteiger partial charge on any atom is -0.508 e. The molecular formula is C27H22O5. The number of aliphatic hydroxyl groups is 2. The zero-order valence-corrected chi connectivity index (χ0v) is 17.9. The maximum atomic E-state index is 11.7. The van der Waals surface area contributed by atoms with Gasteiger partial charge in [0.2, 0.25) is 0 Å².